The smallest absolute Gasteiger partial charge is 0.263 e. The van der Waals surface area contributed by atoms with Crippen LogP contribution in [0.15, 0.2) is 28.6 Å². The molecule has 0 radical (unpaired) electrons. The molecular formula is C12H10N4OS2. The summed E-state index contributed by atoms with van der Waals surface area (Å²) < 4.78 is 1.91. The van der Waals surface area contributed by atoms with Gasteiger partial charge in [0.25, 0.3) is 5.56 Å². The van der Waals surface area contributed by atoms with E-state index < -0.39 is 0 Å². The first kappa shape index (κ1) is 12.2. The molecule has 0 atom stereocenters. The normalized spacial score (nSPS) is 11.0. The van der Waals surface area contributed by atoms with Gasteiger partial charge in [0.15, 0.2) is 4.77 Å². The van der Waals surface area contributed by atoms with Crippen LogP contribution in [-0.4, -0.2) is 19.5 Å². The zero-order valence-electron chi connectivity index (χ0n) is 10.1. The van der Waals surface area contributed by atoms with Crippen LogP contribution in [0.2, 0.25) is 0 Å². The van der Waals surface area contributed by atoms with E-state index in [0.717, 1.165) is 10.5 Å². The number of aryl methyl sites for hydroxylation is 1. The average Bonchev–Trinajstić information content (AvgIpc) is 2.85. The number of hydrogen-bond acceptors (Lipinski definition) is 5. The maximum atomic E-state index is 12.3. The summed E-state index contributed by atoms with van der Waals surface area (Å²) in [5.41, 5.74) is 1.46. The molecule has 0 saturated carbocycles. The largest absolute Gasteiger partial charge is 0.323 e. The molecule has 1 N–H and O–H groups in total. The van der Waals surface area contributed by atoms with E-state index in [2.05, 4.69) is 15.0 Å². The van der Waals surface area contributed by atoms with Crippen LogP contribution >= 0.6 is 23.6 Å². The second-order valence-corrected chi connectivity index (χ2v) is 5.44. The highest BCUT2D eigenvalue weighted by molar-refractivity contribution is 7.71. The summed E-state index contributed by atoms with van der Waals surface area (Å²) >= 11 is 6.69. The van der Waals surface area contributed by atoms with Crippen LogP contribution in [0.25, 0.3) is 10.2 Å². The van der Waals surface area contributed by atoms with E-state index in [0.29, 0.717) is 22.4 Å². The molecule has 0 saturated heterocycles. The number of rotatable bonds is 2. The Morgan fingerprint density at radius 1 is 1.42 bits per heavy atom. The Kier molecular flexibility index (Phi) is 3.00. The number of hydrogen-bond donors (Lipinski definition) is 1. The molecule has 0 spiro atoms. The predicted molar refractivity (Wildman–Crippen MR) is 77.1 cm³/mol. The van der Waals surface area contributed by atoms with Crippen molar-refractivity contribution < 1.29 is 0 Å². The Hall–Kier alpha value is -1.86. The Labute approximate surface area is 117 Å². The van der Waals surface area contributed by atoms with Crippen molar-refractivity contribution >= 4 is 33.8 Å². The van der Waals surface area contributed by atoms with Crippen LogP contribution in [0.3, 0.4) is 0 Å². The van der Waals surface area contributed by atoms with Gasteiger partial charge in [-0.1, -0.05) is 0 Å². The topological polar surface area (TPSA) is 63.6 Å². The van der Waals surface area contributed by atoms with Crippen molar-refractivity contribution in [1.82, 2.24) is 19.5 Å². The van der Waals surface area contributed by atoms with Gasteiger partial charge in [0.05, 0.1) is 29.5 Å². The molecule has 19 heavy (non-hydrogen) atoms. The molecule has 0 aliphatic carbocycles. The van der Waals surface area contributed by atoms with E-state index in [1.807, 2.05) is 12.3 Å². The molecule has 3 aromatic heterocycles. The van der Waals surface area contributed by atoms with Gasteiger partial charge in [-0.2, -0.15) is 0 Å². The maximum absolute atomic E-state index is 12.3. The summed E-state index contributed by atoms with van der Waals surface area (Å²) in [5, 5.41) is 2.52. The molecule has 0 aromatic carbocycles. The molecule has 3 heterocycles. The lowest BCUT2D eigenvalue weighted by atomic mass is 10.4. The van der Waals surface area contributed by atoms with E-state index >= 15 is 0 Å². The van der Waals surface area contributed by atoms with E-state index in [9.17, 15) is 4.79 Å². The second-order valence-electron chi connectivity index (χ2n) is 4.13. The number of nitrogens with one attached hydrogen (secondary N) is 1. The predicted octanol–water partition coefficient (Wildman–Crippen LogP) is 2.27. The third-order valence-corrected chi connectivity index (χ3v) is 3.91. The molecule has 0 amide bonds. The molecule has 3 rings (SSSR count). The van der Waals surface area contributed by atoms with Gasteiger partial charge in [-0.15, -0.1) is 11.3 Å². The summed E-state index contributed by atoms with van der Waals surface area (Å²) in [5.74, 6) is 0. The minimum absolute atomic E-state index is 0.0950. The minimum Gasteiger partial charge on any atom is -0.323 e. The Bertz CT molecular complexity index is 845. The number of aromatic amines is 1. The average molecular weight is 290 g/mol. The zero-order valence-corrected chi connectivity index (χ0v) is 11.7. The van der Waals surface area contributed by atoms with E-state index in [1.54, 1.807) is 18.5 Å². The number of thiophene rings is 1. The molecule has 0 aliphatic rings. The molecule has 3 aromatic rings. The SMILES string of the molecule is Cc1cnc(Cn2c(=S)[nH]c3sccc3c2=O)cn1. The van der Waals surface area contributed by atoms with Crippen LogP contribution in [0.4, 0.5) is 0 Å². The zero-order chi connectivity index (χ0) is 13.4. The molecular weight excluding hydrogens is 280 g/mol. The number of aromatic nitrogens is 4. The molecule has 0 fully saturated rings. The van der Waals surface area contributed by atoms with E-state index in [1.165, 1.54) is 15.9 Å². The van der Waals surface area contributed by atoms with Gasteiger partial charge < -0.3 is 4.98 Å². The second kappa shape index (κ2) is 4.67. The Balaban J connectivity index is 2.12. The van der Waals surface area contributed by atoms with Gasteiger partial charge in [-0.05, 0) is 30.6 Å². The highest BCUT2D eigenvalue weighted by Gasteiger charge is 2.07. The third kappa shape index (κ3) is 2.22. The van der Waals surface area contributed by atoms with E-state index in [-0.39, 0.29) is 5.56 Å². The molecule has 0 bridgehead atoms. The third-order valence-electron chi connectivity index (χ3n) is 2.76. The fraction of sp³-hybridized carbons (Fsp3) is 0.167. The van der Waals surface area contributed by atoms with Crippen LogP contribution in [0.5, 0.6) is 0 Å². The van der Waals surface area contributed by atoms with Crippen LogP contribution < -0.4 is 5.56 Å². The maximum Gasteiger partial charge on any atom is 0.263 e. The first-order chi connectivity index (χ1) is 9.15. The fourth-order valence-corrected chi connectivity index (χ4v) is 2.88. The summed E-state index contributed by atoms with van der Waals surface area (Å²) in [7, 11) is 0. The molecule has 7 heteroatoms. The highest BCUT2D eigenvalue weighted by Crippen LogP contribution is 2.14. The fourth-order valence-electron chi connectivity index (χ4n) is 1.78. The van der Waals surface area contributed by atoms with Gasteiger partial charge in [0.2, 0.25) is 0 Å². The summed E-state index contributed by atoms with van der Waals surface area (Å²) in [6.45, 7) is 2.19. The van der Waals surface area contributed by atoms with Crippen molar-refractivity contribution in [2.24, 2.45) is 0 Å². The summed E-state index contributed by atoms with van der Waals surface area (Å²) in [6.07, 6.45) is 3.34. The van der Waals surface area contributed by atoms with Crippen molar-refractivity contribution in [3.05, 3.63) is 50.4 Å². The lowest BCUT2D eigenvalue weighted by molar-refractivity contribution is 0.712. The quantitative estimate of drug-likeness (QED) is 0.735. The van der Waals surface area contributed by atoms with Gasteiger partial charge in [-0.3, -0.25) is 19.3 Å². The molecule has 0 aliphatic heterocycles. The first-order valence-electron chi connectivity index (χ1n) is 5.63. The van der Waals surface area contributed by atoms with Gasteiger partial charge >= 0.3 is 0 Å². The van der Waals surface area contributed by atoms with E-state index in [4.69, 9.17) is 12.2 Å². The first-order valence-corrected chi connectivity index (χ1v) is 6.92. The summed E-state index contributed by atoms with van der Waals surface area (Å²) in [6, 6.07) is 1.80. The number of nitrogens with zero attached hydrogens (tertiary/aromatic N) is 3. The molecule has 5 nitrogen and oxygen atoms in total. The van der Waals surface area contributed by atoms with Crippen molar-refractivity contribution in [1.29, 1.82) is 0 Å². The van der Waals surface area contributed by atoms with Crippen LogP contribution in [0, 0.1) is 11.7 Å². The van der Waals surface area contributed by atoms with Gasteiger partial charge in [0.1, 0.15) is 4.83 Å². The summed E-state index contributed by atoms with van der Waals surface area (Å²) in [4.78, 5) is 24.6. The lowest BCUT2D eigenvalue weighted by Crippen LogP contribution is -2.22. The number of fused-ring (bicyclic) bond motifs is 1. The lowest BCUT2D eigenvalue weighted by Gasteiger charge is -2.05. The van der Waals surface area contributed by atoms with Crippen LogP contribution in [-0.2, 0) is 6.54 Å². The number of H-pyrrole nitrogens is 1. The standard InChI is InChI=1S/C12H10N4OS2/c1-7-4-14-8(5-13-7)6-16-11(17)9-2-3-19-10(9)15-12(16)18/h2-5H,6H2,1H3,(H,15,18). The van der Waals surface area contributed by atoms with Crippen LogP contribution in [0.1, 0.15) is 11.4 Å². The van der Waals surface area contributed by atoms with Crippen molar-refractivity contribution in [3.8, 4) is 0 Å². The monoisotopic (exact) mass is 290 g/mol. The Morgan fingerprint density at radius 2 is 2.26 bits per heavy atom. The van der Waals surface area contributed by atoms with Crippen molar-refractivity contribution in [3.63, 3.8) is 0 Å². The van der Waals surface area contributed by atoms with Crippen molar-refractivity contribution in [2.75, 3.05) is 0 Å². The van der Waals surface area contributed by atoms with Gasteiger partial charge in [0, 0.05) is 6.20 Å². The van der Waals surface area contributed by atoms with Gasteiger partial charge in [-0.25, -0.2) is 0 Å². The molecule has 0 unspecified atom stereocenters. The van der Waals surface area contributed by atoms with Crippen molar-refractivity contribution in [2.45, 2.75) is 13.5 Å². The minimum atomic E-state index is -0.0950. The highest BCUT2D eigenvalue weighted by atomic mass is 32.1. The molecule has 96 valence electrons. The Morgan fingerprint density at radius 3 is 3.00 bits per heavy atom.